The number of hydrogen-bond donors (Lipinski definition) is 2. The minimum atomic E-state index is -0.956. The van der Waals surface area contributed by atoms with Crippen LogP contribution in [0.1, 0.15) is 11.3 Å². The Hall–Kier alpha value is -4.02. The van der Waals surface area contributed by atoms with Crippen LogP contribution in [-0.4, -0.2) is 63.5 Å². The lowest BCUT2D eigenvalue weighted by Crippen LogP contribution is -2.35. The van der Waals surface area contributed by atoms with Crippen LogP contribution in [0.5, 0.6) is 17.2 Å². The molecule has 1 aliphatic rings. The normalized spacial score (nSPS) is 12.8. The monoisotopic (exact) mass is 426 g/mol. The molecule has 4 rings (SSSR count). The number of nitrogens with zero attached hydrogens (tertiary/aromatic N) is 5. The van der Waals surface area contributed by atoms with Crippen LogP contribution in [0, 0.1) is 0 Å². The highest BCUT2D eigenvalue weighted by Gasteiger charge is 2.22. The summed E-state index contributed by atoms with van der Waals surface area (Å²) in [4.78, 5) is 25.7. The predicted octanol–water partition coefficient (Wildman–Crippen LogP) is 2.47. The zero-order chi connectivity index (χ0) is 22.0. The second-order valence-electron chi connectivity index (χ2n) is 6.79. The molecule has 11 heteroatoms. The fourth-order valence-corrected chi connectivity index (χ4v) is 3.39. The Kier molecular flexibility index (Phi) is 5.48. The van der Waals surface area contributed by atoms with Gasteiger partial charge in [0.25, 0.3) is 0 Å². The standard InChI is InChI=1S/C20H22N6O5/c1-29-15-6-13(7-16(30-2)18(15)31-3)26-10-17(22-11-26)24-19-21-8-12-4-5-25(20(27)28)9-14(12)23-19/h6-8,10-11H,4-5,9H2,1-3H3,(H,27,28)(H,21,23,24). The molecule has 0 spiro atoms. The molecule has 0 unspecified atom stereocenters. The maximum Gasteiger partial charge on any atom is 0.407 e. The fourth-order valence-electron chi connectivity index (χ4n) is 3.39. The molecule has 0 aliphatic carbocycles. The summed E-state index contributed by atoms with van der Waals surface area (Å²) in [5.74, 6) is 2.44. The predicted molar refractivity (Wildman–Crippen MR) is 111 cm³/mol. The third-order valence-corrected chi connectivity index (χ3v) is 4.99. The van der Waals surface area contributed by atoms with Crippen molar-refractivity contribution in [1.82, 2.24) is 24.4 Å². The summed E-state index contributed by atoms with van der Waals surface area (Å²) in [6.07, 6.45) is 4.76. The van der Waals surface area contributed by atoms with Crippen LogP contribution < -0.4 is 19.5 Å². The molecule has 0 radical (unpaired) electrons. The molecule has 31 heavy (non-hydrogen) atoms. The molecule has 3 aromatic rings. The lowest BCUT2D eigenvalue weighted by molar-refractivity contribution is 0.139. The average Bonchev–Trinajstić information content (AvgIpc) is 3.25. The van der Waals surface area contributed by atoms with E-state index in [4.69, 9.17) is 14.2 Å². The molecule has 0 atom stereocenters. The molecule has 2 aromatic heterocycles. The molecule has 1 amide bonds. The first-order valence-electron chi connectivity index (χ1n) is 9.46. The van der Waals surface area contributed by atoms with Crippen LogP contribution in [0.25, 0.3) is 5.69 Å². The van der Waals surface area contributed by atoms with E-state index in [2.05, 4.69) is 20.3 Å². The number of amides is 1. The Labute approximate surface area is 178 Å². The van der Waals surface area contributed by atoms with E-state index >= 15 is 0 Å². The summed E-state index contributed by atoms with van der Waals surface area (Å²) >= 11 is 0. The van der Waals surface area contributed by atoms with Crippen LogP contribution in [0.3, 0.4) is 0 Å². The van der Waals surface area contributed by atoms with Gasteiger partial charge in [0.1, 0.15) is 6.33 Å². The van der Waals surface area contributed by atoms with E-state index in [1.54, 1.807) is 44.6 Å². The molecule has 3 heterocycles. The van der Waals surface area contributed by atoms with Gasteiger partial charge < -0.3 is 34.1 Å². The van der Waals surface area contributed by atoms with Gasteiger partial charge in [-0.1, -0.05) is 0 Å². The van der Waals surface area contributed by atoms with E-state index < -0.39 is 6.09 Å². The number of carbonyl (C=O) groups is 1. The molecular weight excluding hydrogens is 404 g/mol. The van der Waals surface area contributed by atoms with Crippen LogP contribution >= 0.6 is 0 Å². The zero-order valence-electron chi connectivity index (χ0n) is 17.3. The van der Waals surface area contributed by atoms with Crippen molar-refractivity contribution in [3.8, 4) is 22.9 Å². The quantitative estimate of drug-likeness (QED) is 0.611. The third kappa shape index (κ3) is 4.02. The molecule has 0 saturated heterocycles. The van der Waals surface area contributed by atoms with Crippen LogP contribution in [-0.2, 0) is 13.0 Å². The van der Waals surface area contributed by atoms with Gasteiger partial charge in [-0.05, 0) is 12.0 Å². The van der Waals surface area contributed by atoms with Gasteiger partial charge in [-0.3, -0.25) is 0 Å². The summed E-state index contributed by atoms with van der Waals surface area (Å²) < 4.78 is 17.9. The number of anilines is 2. The number of rotatable bonds is 6. The van der Waals surface area contributed by atoms with Gasteiger partial charge in [0.05, 0.1) is 45.5 Å². The van der Waals surface area contributed by atoms with E-state index in [0.29, 0.717) is 47.7 Å². The summed E-state index contributed by atoms with van der Waals surface area (Å²) in [5.41, 5.74) is 2.40. The van der Waals surface area contributed by atoms with Crippen molar-refractivity contribution >= 4 is 17.9 Å². The highest BCUT2D eigenvalue weighted by atomic mass is 16.5. The number of imidazole rings is 1. The molecule has 0 bridgehead atoms. The lowest BCUT2D eigenvalue weighted by atomic mass is 10.1. The Morgan fingerprint density at radius 1 is 1.13 bits per heavy atom. The van der Waals surface area contributed by atoms with E-state index in [1.807, 2.05) is 12.1 Å². The topological polar surface area (TPSA) is 124 Å². The fraction of sp³-hybridized carbons (Fsp3) is 0.300. The van der Waals surface area contributed by atoms with Gasteiger partial charge in [0.2, 0.25) is 11.7 Å². The minimum Gasteiger partial charge on any atom is -0.493 e. The largest absolute Gasteiger partial charge is 0.493 e. The van der Waals surface area contributed by atoms with Gasteiger partial charge in [0, 0.05) is 24.9 Å². The highest BCUT2D eigenvalue weighted by molar-refractivity contribution is 5.65. The lowest BCUT2D eigenvalue weighted by Gasteiger charge is -2.25. The number of hydrogen-bond acceptors (Lipinski definition) is 8. The average molecular weight is 426 g/mol. The maximum absolute atomic E-state index is 11.2. The minimum absolute atomic E-state index is 0.238. The van der Waals surface area contributed by atoms with Gasteiger partial charge >= 0.3 is 6.09 Å². The number of methoxy groups -OCH3 is 3. The molecule has 1 aromatic carbocycles. The van der Waals surface area contributed by atoms with Gasteiger partial charge in [-0.2, -0.15) is 0 Å². The first-order valence-corrected chi connectivity index (χ1v) is 9.46. The van der Waals surface area contributed by atoms with Crippen molar-refractivity contribution in [3.05, 3.63) is 42.1 Å². The molecule has 0 fully saturated rings. The van der Waals surface area contributed by atoms with Crippen LogP contribution in [0.2, 0.25) is 0 Å². The molecule has 11 nitrogen and oxygen atoms in total. The van der Waals surface area contributed by atoms with E-state index in [1.165, 1.54) is 4.90 Å². The van der Waals surface area contributed by atoms with Crippen LogP contribution in [0.15, 0.2) is 30.9 Å². The van der Waals surface area contributed by atoms with Gasteiger partial charge in [0.15, 0.2) is 17.3 Å². The number of fused-ring (bicyclic) bond motifs is 1. The highest BCUT2D eigenvalue weighted by Crippen LogP contribution is 2.39. The summed E-state index contributed by atoms with van der Waals surface area (Å²) in [6, 6.07) is 3.62. The Bertz CT molecular complexity index is 1090. The maximum atomic E-state index is 11.2. The smallest absolute Gasteiger partial charge is 0.407 e. The number of carboxylic acid groups (broad SMARTS) is 1. The SMILES string of the molecule is COc1cc(-n2cnc(Nc3ncc4c(n3)CN(C(=O)O)CC4)c2)cc(OC)c1OC. The van der Waals surface area contributed by atoms with E-state index in [9.17, 15) is 9.90 Å². The first kappa shape index (κ1) is 20.3. The molecular formula is C20H22N6O5. The molecule has 1 aliphatic heterocycles. The van der Waals surface area contributed by atoms with Gasteiger partial charge in [-0.25, -0.2) is 19.7 Å². The third-order valence-electron chi connectivity index (χ3n) is 4.99. The van der Waals surface area contributed by atoms with Crippen LogP contribution in [0.4, 0.5) is 16.6 Å². The van der Waals surface area contributed by atoms with Crippen molar-refractivity contribution in [3.63, 3.8) is 0 Å². The van der Waals surface area contributed by atoms with Crippen molar-refractivity contribution in [2.24, 2.45) is 0 Å². The van der Waals surface area contributed by atoms with E-state index in [0.717, 1.165) is 11.3 Å². The number of nitrogens with one attached hydrogen (secondary N) is 1. The number of aromatic nitrogens is 4. The Balaban J connectivity index is 1.57. The first-order chi connectivity index (χ1) is 15.0. The summed E-state index contributed by atoms with van der Waals surface area (Å²) in [5, 5.41) is 12.3. The van der Waals surface area contributed by atoms with E-state index in [-0.39, 0.29) is 6.54 Å². The second kappa shape index (κ2) is 8.38. The van der Waals surface area contributed by atoms with Gasteiger partial charge in [-0.15, -0.1) is 0 Å². The van der Waals surface area contributed by atoms with Crippen molar-refractivity contribution in [2.45, 2.75) is 13.0 Å². The van der Waals surface area contributed by atoms with Crippen molar-refractivity contribution in [1.29, 1.82) is 0 Å². The Morgan fingerprint density at radius 2 is 1.87 bits per heavy atom. The van der Waals surface area contributed by atoms with Crippen molar-refractivity contribution < 1.29 is 24.1 Å². The number of benzene rings is 1. The molecule has 0 saturated carbocycles. The zero-order valence-corrected chi connectivity index (χ0v) is 17.3. The van der Waals surface area contributed by atoms with Crippen molar-refractivity contribution in [2.75, 3.05) is 33.2 Å². The second-order valence-corrected chi connectivity index (χ2v) is 6.79. The summed E-state index contributed by atoms with van der Waals surface area (Å²) in [6.45, 7) is 0.680. The molecule has 2 N–H and O–H groups in total. The molecule has 162 valence electrons. The summed E-state index contributed by atoms with van der Waals surface area (Å²) in [7, 11) is 4.66. The Morgan fingerprint density at radius 3 is 2.52 bits per heavy atom. The number of ether oxygens (including phenoxy) is 3.